The largest absolute Gasteiger partial charge is 0.497 e. The van der Waals surface area contributed by atoms with Crippen LogP contribution in [0.4, 0.5) is 43.9 Å². The van der Waals surface area contributed by atoms with Gasteiger partial charge >= 0.3 is 0 Å². The maximum atomic E-state index is 12.9. The highest BCUT2D eigenvalue weighted by Gasteiger charge is 2.17. The lowest BCUT2D eigenvalue weighted by Gasteiger charge is -2.10. The number of benzene rings is 13. The Hall–Kier alpha value is -10.8. The van der Waals surface area contributed by atoms with Gasteiger partial charge in [-0.15, -0.1) is 0 Å². The number of hydrogen-bond acceptors (Lipinski definition) is 4. The second-order valence-electron chi connectivity index (χ2n) is 41.7. The first-order valence-corrected chi connectivity index (χ1v) is 52.7. The lowest BCUT2D eigenvalue weighted by molar-refractivity contribution is 0.411. The number of methoxy groups -OCH3 is 4. The van der Waals surface area contributed by atoms with E-state index in [2.05, 4.69) is 252 Å². The molecule has 0 fully saturated rings. The van der Waals surface area contributed by atoms with Gasteiger partial charge < -0.3 is 18.9 Å². The third-order valence-electron chi connectivity index (χ3n) is 24.4. The quantitative estimate of drug-likeness (QED) is 0.0852. The summed E-state index contributed by atoms with van der Waals surface area (Å²) in [6.45, 7) is 76.2. The highest BCUT2D eigenvalue weighted by Crippen LogP contribution is 2.33. The summed E-state index contributed by atoms with van der Waals surface area (Å²) in [4.78, 5) is 0. The van der Waals surface area contributed by atoms with Crippen LogP contribution < -0.4 is 18.9 Å². The molecule has 824 valence electrons. The van der Waals surface area contributed by atoms with Crippen LogP contribution in [0.3, 0.4) is 0 Å². The fraction of sp³-hybridized carbons (Fsp3) is 0.414. The van der Waals surface area contributed by atoms with Crippen LogP contribution in [0.5, 0.6) is 23.0 Å². The zero-order chi connectivity index (χ0) is 114. The van der Waals surface area contributed by atoms with Crippen molar-refractivity contribution in [3.05, 3.63) is 431 Å². The molecule has 0 bridgehead atoms. The average Bonchev–Trinajstić information content (AvgIpc) is 0.831. The Kier molecular flexibility index (Phi) is 65.4. The first kappa shape index (κ1) is 139. The van der Waals surface area contributed by atoms with Crippen molar-refractivity contribution in [3.8, 4) is 23.0 Å². The van der Waals surface area contributed by atoms with Crippen LogP contribution in [0.15, 0.2) is 224 Å². The number of rotatable bonds is 17. The minimum absolute atomic E-state index is 0. The number of halogens is 13. The molecule has 0 spiro atoms. The highest BCUT2D eigenvalue weighted by atomic mass is 35.5. The Morgan fingerprint density at radius 3 is 0.780 bits per heavy atom. The highest BCUT2D eigenvalue weighted by molar-refractivity contribution is 6.31. The third kappa shape index (κ3) is 51.6. The molecule has 0 aliphatic heterocycles. The summed E-state index contributed by atoms with van der Waals surface area (Å²) in [5.74, 6) is 3.56. The molecule has 4 nitrogen and oxygen atoms in total. The van der Waals surface area contributed by atoms with Gasteiger partial charge in [0.25, 0.3) is 0 Å². The number of hydrogen-bond donors (Lipinski definition) is 0. The predicted octanol–water partition coefficient (Wildman–Crippen LogP) is 43.9. The fourth-order valence-electron chi connectivity index (χ4n) is 15.0. The molecule has 0 aliphatic carbocycles. The molecule has 13 aromatic rings. The van der Waals surface area contributed by atoms with Crippen LogP contribution in [-0.2, 0) is 0 Å². The van der Waals surface area contributed by atoms with Crippen molar-refractivity contribution in [1.82, 2.24) is 0 Å². The van der Waals surface area contributed by atoms with Gasteiger partial charge in [-0.05, 0) is 390 Å². The van der Waals surface area contributed by atoms with E-state index in [1.54, 1.807) is 80.4 Å². The number of ether oxygens (including phenoxy) is 4. The van der Waals surface area contributed by atoms with Crippen molar-refractivity contribution in [1.29, 1.82) is 0 Å². The Bertz CT molecular complexity index is 5690. The molecule has 13 aromatic carbocycles. The Morgan fingerprint density at radius 1 is 0.187 bits per heavy atom. The minimum atomic E-state index is -0.880. The van der Waals surface area contributed by atoms with Crippen molar-refractivity contribution >= 4 is 34.8 Å². The summed E-state index contributed by atoms with van der Waals surface area (Å²) < 4.78 is 147. The SMILES string of the molecule is C.CC(C)c1c(F)cc(F)cc1F.CC(C)c1ccc(F)c(F)c1.COc1ccc(C(C)C)c(C)c1.COc1ccc(C(C)C)cc1C.COc1ccc(C(C)C)cc1C.COc1ccc(C(C)C)cc1C.Cc1cc(C(C)C)ccc1Cl.Cc1cc(C(C)C)ccc1Cl.Cc1cc(C(C)C)ccc1F.Cc1cc(Cl)cc(C(C)C)c1.Cc1cc(F)c(F)cc1C(C)C.Cc1cc(F)cc(C(C)C)c1.Cc1cc(F)ccc1C(C)C. The monoisotopic (exact) mass is 2130 g/mol. The van der Waals surface area contributed by atoms with Gasteiger partial charge in [0.1, 0.15) is 57.9 Å². The topological polar surface area (TPSA) is 36.9 Å². The van der Waals surface area contributed by atoms with Crippen LogP contribution in [-0.4, -0.2) is 28.4 Å². The molecule has 17 heteroatoms. The zero-order valence-electron chi connectivity index (χ0n) is 96.9. The minimum Gasteiger partial charge on any atom is -0.497 e. The summed E-state index contributed by atoms with van der Waals surface area (Å²) in [5.41, 5.74) is 26.7. The van der Waals surface area contributed by atoms with Crippen molar-refractivity contribution < 1.29 is 62.9 Å². The third-order valence-corrected chi connectivity index (χ3v) is 25.4. The molecule has 0 heterocycles. The molecule has 0 saturated carbocycles. The first-order valence-electron chi connectivity index (χ1n) is 51.6. The van der Waals surface area contributed by atoms with E-state index in [0.29, 0.717) is 71.3 Å². The molecule has 0 radical (unpaired) electrons. The molecule has 0 unspecified atom stereocenters. The van der Waals surface area contributed by atoms with E-state index in [1.807, 2.05) is 128 Å². The van der Waals surface area contributed by atoms with E-state index in [4.69, 9.17) is 53.8 Å². The Morgan fingerprint density at radius 2 is 0.480 bits per heavy atom. The van der Waals surface area contributed by atoms with Gasteiger partial charge in [-0.1, -0.05) is 325 Å². The molecular formula is C133H177Cl3F10O4. The maximum Gasteiger partial charge on any atom is 0.159 e. The molecule has 0 aliphatic rings. The van der Waals surface area contributed by atoms with Gasteiger partial charge in [0.15, 0.2) is 23.3 Å². The summed E-state index contributed by atoms with van der Waals surface area (Å²) in [6.07, 6.45) is 0. The van der Waals surface area contributed by atoms with Crippen molar-refractivity contribution in [2.24, 2.45) is 0 Å². The van der Waals surface area contributed by atoms with Crippen molar-refractivity contribution in [2.75, 3.05) is 28.4 Å². The lowest BCUT2D eigenvalue weighted by Crippen LogP contribution is -1.98. The van der Waals surface area contributed by atoms with Gasteiger partial charge in [-0.2, -0.15) is 0 Å². The van der Waals surface area contributed by atoms with E-state index >= 15 is 0 Å². The van der Waals surface area contributed by atoms with E-state index < -0.39 is 40.7 Å². The summed E-state index contributed by atoms with van der Waals surface area (Å²) in [5, 5.41) is 2.55. The van der Waals surface area contributed by atoms with Gasteiger partial charge in [-0.25, -0.2) is 43.9 Å². The summed E-state index contributed by atoms with van der Waals surface area (Å²) in [7, 11) is 6.82. The average molecular weight is 2140 g/mol. The van der Waals surface area contributed by atoms with Crippen LogP contribution >= 0.6 is 34.8 Å². The maximum absolute atomic E-state index is 12.9. The molecule has 0 aromatic heterocycles. The van der Waals surface area contributed by atoms with Gasteiger partial charge in [0.2, 0.25) is 0 Å². The normalized spacial score (nSPS) is 10.5. The van der Waals surface area contributed by atoms with Gasteiger partial charge in [0.05, 0.1) is 28.4 Å². The van der Waals surface area contributed by atoms with Crippen LogP contribution in [0.2, 0.25) is 15.1 Å². The molecule has 0 atom stereocenters. The molecule has 150 heavy (non-hydrogen) atoms. The van der Waals surface area contributed by atoms with E-state index in [9.17, 15) is 43.9 Å². The molecule has 0 N–H and O–H groups in total. The molecule has 13 rings (SSSR count). The zero-order valence-corrected chi connectivity index (χ0v) is 99.2. The van der Waals surface area contributed by atoms with Crippen molar-refractivity contribution in [2.45, 2.75) is 341 Å². The fourth-order valence-corrected chi connectivity index (χ4v) is 15.6. The summed E-state index contributed by atoms with van der Waals surface area (Å²) >= 11 is 17.7. The molecule has 0 saturated heterocycles. The molecule has 0 amide bonds. The van der Waals surface area contributed by atoms with Crippen LogP contribution in [0.1, 0.15) is 398 Å². The van der Waals surface area contributed by atoms with E-state index in [1.165, 1.54) is 108 Å². The smallest absolute Gasteiger partial charge is 0.159 e. The second-order valence-corrected chi connectivity index (χ2v) is 42.9. The van der Waals surface area contributed by atoms with Gasteiger partial charge in [0, 0.05) is 32.8 Å². The Labute approximate surface area is 914 Å². The van der Waals surface area contributed by atoms with Crippen LogP contribution in [0.25, 0.3) is 0 Å². The second kappa shape index (κ2) is 70.4. The van der Waals surface area contributed by atoms with Gasteiger partial charge in [-0.3, -0.25) is 0 Å². The Balaban J connectivity index is 0.00000160. The number of aryl methyl sites for hydroxylation is 11. The first-order chi connectivity index (χ1) is 69.4. The van der Waals surface area contributed by atoms with Crippen LogP contribution in [0, 0.1) is 134 Å². The van der Waals surface area contributed by atoms with Crippen molar-refractivity contribution in [3.63, 3.8) is 0 Å². The standard InChI is InChI=1S/4C11H16O.3C10H13Cl.C10H12F2.3C10H13F.C9H9F3.C9H10F2.CH4/c1-8(2)11-6-5-10(12-4)7-9(11)3;3*1-8(2)10-5-6-11(12-4)9(3)7-10;1-7(2)9-4-8(3)5-10(11)6-9;2*1-7(2)9-4-5-10(11)8(3)6-9;1-6(2)8-5-10(12)9(11)4-7(8)3;1-7(2)9-4-8(3)5-10(11)6-9;1-7(2)10-5-4-9(11)6-8(10)3;1-7(2)9-4-5-10(11)8(3)6-9;1-5(2)9-7(11)3-6(10)4-8(9)12;1-6(2)7-3-4-8(10)9(11)5-7;/h4*5-8H,1-4H3;3*4-7H,1-3H3;4-6H,1-3H3;3*4-7H,1-3H3;3-5H,1-2H3;3-6H,1-2H3;1H4. The van der Waals surface area contributed by atoms with E-state index in [0.717, 1.165) is 94.2 Å². The summed E-state index contributed by atoms with van der Waals surface area (Å²) in [6, 6.07) is 67.1. The predicted molar refractivity (Wildman–Crippen MR) is 627 cm³/mol. The van der Waals surface area contributed by atoms with E-state index in [-0.39, 0.29) is 48.2 Å². The lowest BCUT2D eigenvalue weighted by atomic mass is 9.98. The molecular weight excluding hydrogens is 1960 g/mol.